The summed E-state index contributed by atoms with van der Waals surface area (Å²) in [6.07, 6.45) is 3.41. The number of nitrogens with zero attached hydrogens (tertiary/aromatic N) is 1. The van der Waals surface area contributed by atoms with Crippen molar-refractivity contribution in [2.45, 2.75) is 0 Å². The van der Waals surface area contributed by atoms with Gasteiger partial charge < -0.3 is 4.84 Å². The fourth-order valence-electron chi connectivity index (χ4n) is 1.03. The second-order valence-electron chi connectivity index (χ2n) is 2.76. The van der Waals surface area contributed by atoms with E-state index >= 15 is 0 Å². The molecule has 0 radical (unpaired) electrons. The van der Waals surface area contributed by atoms with E-state index in [0.29, 0.717) is 0 Å². The second-order valence-corrected chi connectivity index (χ2v) is 2.76. The fourth-order valence-corrected chi connectivity index (χ4v) is 1.03. The maximum Gasteiger partial charge on any atom is 0.155 e. The van der Waals surface area contributed by atoms with Gasteiger partial charge in [0.25, 0.3) is 0 Å². The van der Waals surface area contributed by atoms with E-state index < -0.39 is 0 Å². The number of para-hydroxylation sites is 1. The zero-order valence-electron chi connectivity index (χ0n) is 7.55. The highest BCUT2D eigenvalue weighted by Gasteiger charge is 1.91. The molecule has 1 aromatic carbocycles. The Hall–Kier alpha value is -2.03. The minimum atomic E-state index is 0.774. The average molecular weight is 186 g/mol. The monoisotopic (exact) mass is 186 g/mol. The Morgan fingerprint density at radius 2 is 1.86 bits per heavy atom. The highest BCUT2D eigenvalue weighted by Crippen LogP contribution is 2.10. The zero-order chi connectivity index (χ0) is 9.64. The van der Waals surface area contributed by atoms with Gasteiger partial charge in [0.1, 0.15) is 0 Å². The molecule has 2 rings (SSSR count). The lowest BCUT2D eigenvalue weighted by Gasteiger charge is -2.06. The van der Waals surface area contributed by atoms with Gasteiger partial charge in [0.2, 0.25) is 0 Å². The fraction of sp³-hybridized carbons (Fsp3) is 0. The molecule has 0 aliphatic heterocycles. The number of anilines is 1. The lowest BCUT2D eigenvalue weighted by Crippen LogP contribution is -2.04. The third-order valence-corrected chi connectivity index (χ3v) is 1.69. The third kappa shape index (κ3) is 2.23. The van der Waals surface area contributed by atoms with Crippen molar-refractivity contribution in [1.82, 2.24) is 4.98 Å². The summed E-state index contributed by atoms with van der Waals surface area (Å²) < 4.78 is 0. The van der Waals surface area contributed by atoms with Gasteiger partial charge >= 0.3 is 0 Å². The molecule has 0 atom stereocenters. The summed E-state index contributed by atoms with van der Waals surface area (Å²) in [5, 5.41) is 0. The molecular formula is C11H10N2O. The maximum atomic E-state index is 5.30. The highest BCUT2D eigenvalue weighted by molar-refractivity contribution is 5.38. The predicted molar refractivity (Wildman–Crippen MR) is 54.9 cm³/mol. The van der Waals surface area contributed by atoms with E-state index in [9.17, 15) is 0 Å². The van der Waals surface area contributed by atoms with Crippen LogP contribution < -0.4 is 10.3 Å². The van der Waals surface area contributed by atoms with Crippen molar-refractivity contribution in [1.29, 1.82) is 0 Å². The molecule has 2 aromatic rings. The van der Waals surface area contributed by atoms with Crippen LogP contribution in [0.5, 0.6) is 5.75 Å². The van der Waals surface area contributed by atoms with Crippen molar-refractivity contribution in [3.05, 3.63) is 54.9 Å². The molecule has 70 valence electrons. The molecule has 0 saturated heterocycles. The number of pyridine rings is 1. The van der Waals surface area contributed by atoms with E-state index in [-0.39, 0.29) is 0 Å². The summed E-state index contributed by atoms with van der Waals surface area (Å²) in [5.41, 5.74) is 3.63. The maximum absolute atomic E-state index is 5.30. The zero-order valence-corrected chi connectivity index (χ0v) is 7.55. The van der Waals surface area contributed by atoms with Gasteiger partial charge in [0, 0.05) is 6.20 Å². The van der Waals surface area contributed by atoms with E-state index in [1.165, 1.54) is 0 Å². The van der Waals surface area contributed by atoms with Gasteiger partial charge in [0.15, 0.2) is 5.75 Å². The average Bonchev–Trinajstić information content (AvgIpc) is 2.29. The van der Waals surface area contributed by atoms with Crippen LogP contribution in [0.2, 0.25) is 0 Å². The second kappa shape index (κ2) is 4.28. The number of aromatic nitrogens is 1. The normalized spacial score (nSPS) is 9.43. The topological polar surface area (TPSA) is 34.1 Å². The summed E-state index contributed by atoms with van der Waals surface area (Å²) in [5.74, 6) is 0.774. The van der Waals surface area contributed by atoms with Crippen LogP contribution in [0.3, 0.4) is 0 Å². The van der Waals surface area contributed by atoms with Crippen molar-refractivity contribution in [2.75, 3.05) is 5.48 Å². The Kier molecular flexibility index (Phi) is 2.62. The third-order valence-electron chi connectivity index (χ3n) is 1.69. The highest BCUT2D eigenvalue weighted by atomic mass is 16.6. The van der Waals surface area contributed by atoms with Crippen LogP contribution in [0.15, 0.2) is 54.9 Å². The first-order valence-corrected chi connectivity index (χ1v) is 4.33. The Bertz CT molecular complexity index is 336. The minimum Gasteiger partial charge on any atom is -0.382 e. The van der Waals surface area contributed by atoms with Crippen molar-refractivity contribution in [2.24, 2.45) is 0 Å². The molecule has 3 nitrogen and oxygen atoms in total. The first-order valence-electron chi connectivity index (χ1n) is 4.33. The Labute approximate surface area is 82.3 Å². The SMILES string of the molecule is c1ccc(ONc2cccnc2)cc1. The lowest BCUT2D eigenvalue weighted by atomic mass is 10.3. The van der Waals surface area contributed by atoms with Crippen LogP contribution in [-0.4, -0.2) is 4.98 Å². The molecule has 0 amide bonds. The van der Waals surface area contributed by atoms with E-state index in [1.807, 2.05) is 42.5 Å². The van der Waals surface area contributed by atoms with Gasteiger partial charge in [-0.1, -0.05) is 18.2 Å². The van der Waals surface area contributed by atoms with Crippen molar-refractivity contribution in [3.8, 4) is 5.75 Å². The standard InChI is InChI=1S/C11H10N2O/c1-2-6-11(7-3-1)14-13-10-5-4-8-12-9-10/h1-9,13H. The molecule has 1 aromatic heterocycles. The molecule has 0 aliphatic rings. The number of hydrogen-bond donors (Lipinski definition) is 1. The van der Waals surface area contributed by atoms with Gasteiger partial charge in [-0.25, -0.2) is 5.48 Å². The van der Waals surface area contributed by atoms with E-state index in [0.717, 1.165) is 11.4 Å². The molecule has 0 aliphatic carbocycles. The van der Waals surface area contributed by atoms with Crippen LogP contribution in [-0.2, 0) is 0 Å². The van der Waals surface area contributed by atoms with Gasteiger partial charge in [-0.2, -0.15) is 0 Å². The van der Waals surface area contributed by atoms with Crippen molar-refractivity contribution in [3.63, 3.8) is 0 Å². The van der Waals surface area contributed by atoms with Gasteiger partial charge in [-0.15, -0.1) is 0 Å². The summed E-state index contributed by atoms with van der Waals surface area (Å²) in [4.78, 5) is 9.26. The predicted octanol–water partition coefficient (Wildman–Crippen LogP) is 2.49. The summed E-state index contributed by atoms with van der Waals surface area (Å²) in [6, 6.07) is 13.3. The molecule has 1 heterocycles. The number of rotatable bonds is 3. The van der Waals surface area contributed by atoms with Crippen LogP contribution in [0.4, 0.5) is 5.69 Å². The molecule has 1 N–H and O–H groups in total. The molecule has 0 unspecified atom stereocenters. The van der Waals surface area contributed by atoms with Gasteiger partial charge in [0.05, 0.1) is 11.9 Å². The number of benzene rings is 1. The number of nitrogens with one attached hydrogen (secondary N) is 1. The van der Waals surface area contributed by atoms with Crippen LogP contribution >= 0.6 is 0 Å². The first kappa shape index (κ1) is 8.56. The molecule has 3 heteroatoms. The Balaban J connectivity index is 1.96. The lowest BCUT2D eigenvalue weighted by molar-refractivity contribution is 0.405. The molecular weight excluding hydrogens is 176 g/mol. The molecule has 0 spiro atoms. The Morgan fingerprint density at radius 1 is 1.00 bits per heavy atom. The van der Waals surface area contributed by atoms with E-state index in [2.05, 4.69) is 10.5 Å². The summed E-state index contributed by atoms with van der Waals surface area (Å²) in [7, 11) is 0. The smallest absolute Gasteiger partial charge is 0.155 e. The first-order chi connectivity index (χ1) is 6.95. The molecule has 0 bridgehead atoms. The van der Waals surface area contributed by atoms with Crippen molar-refractivity contribution < 1.29 is 4.84 Å². The van der Waals surface area contributed by atoms with Crippen LogP contribution in [0.1, 0.15) is 0 Å². The number of hydrogen-bond acceptors (Lipinski definition) is 3. The quantitative estimate of drug-likeness (QED) is 0.748. The van der Waals surface area contributed by atoms with Crippen molar-refractivity contribution >= 4 is 5.69 Å². The molecule has 0 saturated carbocycles. The van der Waals surface area contributed by atoms with Gasteiger partial charge in [-0.05, 0) is 24.3 Å². The Morgan fingerprint density at radius 3 is 2.57 bits per heavy atom. The molecule has 14 heavy (non-hydrogen) atoms. The largest absolute Gasteiger partial charge is 0.382 e. The molecule has 0 fully saturated rings. The van der Waals surface area contributed by atoms with E-state index in [1.54, 1.807) is 12.4 Å². The van der Waals surface area contributed by atoms with Crippen LogP contribution in [0, 0.1) is 0 Å². The van der Waals surface area contributed by atoms with Crippen LogP contribution in [0.25, 0.3) is 0 Å². The van der Waals surface area contributed by atoms with Gasteiger partial charge in [-0.3, -0.25) is 4.98 Å². The minimum absolute atomic E-state index is 0.774. The summed E-state index contributed by atoms with van der Waals surface area (Å²) in [6.45, 7) is 0. The summed E-state index contributed by atoms with van der Waals surface area (Å²) >= 11 is 0. The van der Waals surface area contributed by atoms with E-state index in [4.69, 9.17) is 4.84 Å².